The lowest BCUT2D eigenvalue weighted by molar-refractivity contribution is -0.384. The van der Waals surface area contributed by atoms with Gasteiger partial charge in [-0.3, -0.25) is 10.1 Å². The maximum absolute atomic E-state index is 11.2. The summed E-state index contributed by atoms with van der Waals surface area (Å²) in [4.78, 5) is 21.6. The first-order valence-corrected chi connectivity index (χ1v) is 6.20. The topological polar surface area (TPSA) is 113 Å². The lowest BCUT2D eigenvalue weighted by Gasteiger charge is -2.49. The third-order valence-electron chi connectivity index (χ3n) is 4.00. The minimum atomic E-state index is -1.23. The van der Waals surface area contributed by atoms with Crippen molar-refractivity contribution in [2.45, 2.75) is 32.4 Å². The zero-order chi connectivity index (χ0) is 15.1. The summed E-state index contributed by atoms with van der Waals surface area (Å²) in [5.74, 6) is -1.23. The molecule has 0 amide bonds. The standard InChI is InChI=1S/C13H16N2O5/c1-13(2)9(6-10(13)16)14-11-7(12(17)18)4-3-5-8(11)15(19)20/h3-5,9-10,14,16H,6H2,1-2H3,(H,17,18). The van der Waals surface area contributed by atoms with Gasteiger partial charge in [-0.25, -0.2) is 4.79 Å². The van der Waals surface area contributed by atoms with Gasteiger partial charge < -0.3 is 15.5 Å². The first kappa shape index (κ1) is 14.3. The maximum atomic E-state index is 11.2. The van der Waals surface area contributed by atoms with Crippen LogP contribution in [0.25, 0.3) is 0 Å². The Bertz CT molecular complexity index is 538. The predicted octanol–water partition coefficient (Wildman–Crippen LogP) is 1.86. The van der Waals surface area contributed by atoms with Gasteiger partial charge in [0.1, 0.15) is 5.69 Å². The zero-order valence-electron chi connectivity index (χ0n) is 11.2. The van der Waals surface area contributed by atoms with Crippen molar-refractivity contribution >= 4 is 17.3 Å². The van der Waals surface area contributed by atoms with Crippen LogP contribution in [0.1, 0.15) is 30.6 Å². The predicted molar refractivity (Wildman–Crippen MR) is 71.9 cm³/mol. The number of hydrogen-bond acceptors (Lipinski definition) is 5. The molecule has 7 heteroatoms. The molecule has 1 saturated carbocycles. The molecule has 1 aliphatic carbocycles. The molecule has 20 heavy (non-hydrogen) atoms. The normalized spacial score (nSPS) is 23.8. The van der Waals surface area contributed by atoms with E-state index in [0.717, 1.165) is 0 Å². The van der Waals surface area contributed by atoms with Gasteiger partial charge in [-0.15, -0.1) is 0 Å². The lowest BCUT2D eigenvalue weighted by atomic mass is 9.64. The highest BCUT2D eigenvalue weighted by molar-refractivity contribution is 5.97. The zero-order valence-corrected chi connectivity index (χ0v) is 11.2. The van der Waals surface area contributed by atoms with Gasteiger partial charge in [-0.05, 0) is 12.5 Å². The van der Waals surface area contributed by atoms with E-state index in [1.807, 2.05) is 13.8 Å². The molecule has 2 unspecified atom stereocenters. The number of rotatable bonds is 4. The molecule has 0 radical (unpaired) electrons. The number of anilines is 1. The number of carbonyl (C=O) groups is 1. The van der Waals surface area contributed by atoms with Crippen LogP contribution in [0.15, 0.2) is 18.2 Å². The van der Waals surface area contributed by atoms with E-state index in [2.05, 4.69) is 5.32 Å². The van der Waals surface area contributed by atoms with Crippen molar-refractivity contribution in [3.8, 4) is 0 Å². The minimum absolute atomic E-state index is 0.00465. The molecule has 2 rings (SSSR count). The third-order valence-corrected chi connectivity index (χ3v) is 4.00. The van der Waals surface area contributed by atoms with E-state index >= 15 is 0 Å². The molecule has 0 bridgehead atoms. The number of nitro benzene ring substituents is 1. The number of hydrogen-bond donors (Lipinski definition) is 3. The van der Waals surface area contributed by atoms with Crippen molar-refractivity contribution in [1.82, 2.24) is 0 Å². The lowest BCUT2D eigenvalue weighted by Crippen LogP contribution is -2.57. The molecule has 0 aliphatic heterocycles. The van der Waals surface area contributed by atoms with Crippen molar-refractivity contribution in [3.63, 3.8) is 0 Å². The summed E-state index contributed by atoms with van der Waals surface area (Å²) >= 11 is 0. The van der Waals surface area contributed by atoms with Crippen LogP contribution in [0.4, 0.5) is 11.4 Å². The SMILES string of the molecule is CC1(C)C(O)CC1Nc1c(C(=O)O)cccc1[N+](=O)[O-]. The highest BCUT2D eigenvalue weighted by Gasteiger charge is 2.48. The molecule has 0 saturated heterocycles. The number of nitro groups is 1. The van der Waals surface area contributed by atoms with E-state index < -0.39 is 22.4 Å². The highest BCUT2D eigenvalue weighted by atomic mass is 16.6. The number of nitrogens with zero attached hydrogens (tertiary/aromatic N) is 1. The van der Waals surface area contributed by atoms with E-state index in [9.17, 15) is 20.0 Å². The van der Waals surface area contributed by atoms with Crippen molar-refractivity contribution in [1.29, 1.82) is 0 Å². The fourth-order valence-electron chi connectivity index (χ4n) is 2.34. The van der Waals surface area contributed by atoms with Crippen LogP contribution in [-0.4, -0.2) is 33.3 Å². The Morgan fingerprint density at radius 3 is 2.60 bits per heavy atom. The Hall–Kier alpha value is -2.15. The van der Waals surface area contributed by atoms with E-state index in [1.165, 1.54) is 18.2 Å². The van der Waals surface area contributed by atoms with E-state index in [4.69, 9.17) is 5.11 Å². The van der Waals surface area contributed by atoms with E-state index in [1.54, 1.807) is 0 Å². The van der Waals surface area contributed by atoms with Gasteiger partial charge in [0.2, 0.25) is 0 Å². The van der Waals surface area contributed by atoms with Gasteiger partial charge in [0.15, 0.2) is 0 Å². The van der Waals surface area contributed by atoms with Crippen molar-refractivity contribution in [2.75, 3.05) is 5.32 Å². The second-order valence-electron chi connectivity index (χ2n) is 5.53. The first-order chi connectivity index (χ1) is 9.25. The van der Waals surface area contributed by atoms with Crippen molar-refractivity contribution in [2.24, 2.45) is 5.41 Å². The quantitative estimate of drug-likeness (QED) is 0.573. The first-order valence-electron chi connectivity index (χ1n) is 6.20. The third kappa shape index (κ3) is 2.20. The molecular weight excluding hydrogens is 264 g/mol. The summed E-state index contributed by atoms with van der Waals surface area (Å²) in [5.41, 5.74) is -0.882. The molecule has 0 aromatic heterocycles. The monoisotopic (exact) mass is 280 g/mol. The fourth-order valence-corrected chi connectivity index (χ4v) is 2.34. The van der Waals surface area contributed by atoms with Crippen LogP contribution in [0.2, 0.25) is 0 Å². The Balaban J connectivity index is 2.39. The maximum Gasteiger partial charge on any atom is 0.338 e. The van der Waals surface area contributed by atoms with Gasteiger partial charge in [-0.2, -0.15) is 0 Å². The Kier molecular flexibility index (Phi) is 3.39. The summed E-state index contributed by atoms with van der Waals surface area (Å²) < 4.78 is 0. The van der Waals surface area contributed by atoms with Crippen LogP contribution >= 0.6 is 0 Å². The average Bonchev–Trinajstić information content (AvgIpc) is 2.37. The second-order valence-corrected chi connectivity index (χ2v) is 5.53. The molecule has 0 spiro atoms. The number of nitrogens with one attached hydrogen (secondary N) is 1. The molecule has 1 aliphatic rings. The highest BCUT2D eigenvalue weighted by Crippen LogP contribution is 2.43. The Morgan fingerprint density at radius 2 is 2.15 bits per heavy atom. The van der Waals surface area contributed by atoms with Gasteiger partial charge in [0, 0.05) is 17.5 Å². The summed E-state index contributed by atoms with van der Waals surface area (Å²) in [6.45, 7) is 3.65. The van der Waals surface area contributed by atoms with Crippen LogP contribution in [0, 0.1) is 15.5 Å². The number of aliphatic hydroxyl groups is 1. The smallest absolute Gasteiger partial charge is 0.338 e. The van der Waals surface area contributed by atoms with Crippen molar-refractivity contribution in [3.05, 3.63) is 33.9 Å². The van der Waals surface area contributed by atoms with E-state index in [0.29, 0.717) is 6.42 Å². The number of para-hydroxylation sites is 1. The van der Waals surface area contributed by atoms with Crippen LogP contribution in [0.5, 0.6) is 0 Å². The largest absolute Gasteiger partial charge is 0.478 e. The van der Waals surface area contributed by atoms with Gasteiger partial charge in [0.25, 0.3) is 5.69 Å². The van der Waals surface area contributed by atoms with Crippen LogP contribution in [0.3, 0.4) is 0 Å². The molecule has 7 nitrogen and oxygen atoms in total. The number of aromatic carboxylic acids is 1. The number of aliphatic hydroxyl groups excluding tert-OH is 1. The van der Waals surface area contributed by atoms with Crippen molar-refractivity contribution < 1.29 is 19.9 Å². The molecule has 2 atom stereocenters. The molecular formula is C13H16N2O5. The van der Waals surface area contributed by atoms with Crippen LogP contribution < -0.4 is 5.32 Å². The molecule has 3 N–H and O–H groups in total. The second kappa shape index (κ2) is 4.75. The number of carboxylic acids is 1. The molecule has 1 aromatic rings. The molecule has 0 heterocycles. The van der Waals surface area contributed by atoms with E-state index in [-0.39, 0.29) is 23.0 Å². The average molecular weight is 280 g/mol. The minimum Gasteiger partial charge on any atom is -0.478 e. The Labute approximate surface area is 115 Å². The number of benzene rings is 1. The molecule has 1 fully saturated rings. The van der Waals surface area contributed by atoms with Gasteiger partial charge in [0.05, 0.1) is 16.6 Å². The number of carboxylic acid groups (broad SMARTS) is 1. The Morgan fingerprint density at radius 1 is 1.50 bits per heavy atom. The summed E-state index contributed by atoms with van der Waals surface area (Å²) in [6.07, 6.45) is -0.0750. The summed E-state index contributed by atoms with van der Waals surface area (Å²) in [5, 5.41) is 32.8. The summed E-state index contributed by atoms with van der Waals surface area (Å²) in [7, 11) is 0. The molecule has 108 valence electrons. The van der Waals surface area contributed by atoms with Gasteiger partial charge in [-0.1, -0.05) is 19.9 Å². The molecule has 1 aromatic carbocycles. The fraction of sp³-hybridized carbons (Fsp3) is 0.462. The van der Waals surface area contributed by atoms with Crippen LogP contribution in [-0.2, 0) is 0 Å². The summed E-state index contributed by atoms with van der Waals surface area (Å²) in [6, 6.07) is 3.71. The van der Waals surface area contributed by atoms with Gasteiger partial charge >= 0.3 is 5.97 Å².